The number of piperidine rings is 1. The lowest BCUT2D eigenvalue weighted by Crippen LogP contribution is -2.50. The molecule has 0 aromatic heterocycles. The van der Waals surface area contributed by atoms with Gasteiger partial charge in [0.15, 0.2) is 0 Å². The average Bonchev–Trinajstić information content (AvgIpc) is 2.33. The first-order valence-electron chi connectivity index (χ1n) is 5.57. The maximum atomic E-state index is 12.0. The largest absolute Gasteiger partial charge is 0.281 e. The predicted octanol–water partition coefficient (Wildman–Crippen LogP) is 1.29. The molecular weight excluding hydrogens is 202 g/mol. The third kappa shape index (κ3) is 1.08. The van der Waals surface area contributed by atoms with E-state index in [2.05, 4.69) is 12.2 Å². The summed E-state index contributed by atoms with van der Waals surface area (Å²) in [5, 5.41) is 0. The quantitative estimate of drug-likeness (QED) is 0.451. The third-order valence-corrected chi connectivity index (χ3v) is 3.76. The van der Waals surface area contributed by atoms with E-state index in [0.717, 1.165) is 12.0 Å². The Morgan fingerprint density at radius 1 is 1.31 bits per heavy atom. The fourth-order valence-electron chi connectivity index (χ4n) is 2.92. The van der Waals surface area contributed by atoms with Crippen molar-refractivity contribution in [3.8, 4) is 0 Å². The molecule has 16 heavy (non-hydrogen) atoms. The molecule has 2 amide bonds. The van der Waals surface area contributed by atoms with Gasteiger partial charge in [0.05, 0.1) is 5.92 Å². The van der Waals surface area contributed by atoms with Gasteiger partial charge in [-0.3, -0.25) is 14.5 Å². The Morgan fingerprint density at radius 2 is 2.12 bits per heavy atom. The second-order valence-electron chi connectivity index (χ2n) is 4.59. The van der Waals surface area contributed by atoms with Crippen molar-refractivity contribution in [3.05, 3.63) is 36.0 Å². The molecule has 3 atom stereocenters. The molecule has 1 saturated heterocycles. The minimum atomic E-state index is -0.141. The van der Waals surface area contributed by atoms with E-state index >= 15 is 0 Å². The van der Waals surface area contributed by atoms with Crippen molar-refractivity contribution < 1.29 is 9.59 Å². The summed E-state index contributed by atoms with van der Waals surface area (Å²) in [4.78, 5) is 25.2. The number of amides is 2. The molecule has 3 nitrogen and oxygen atoms in total. The molecule has 1 aliphatic heterocycles. The van der Waals surface area contributed by atoms with Gasteiger partial charge in [0.25, 0.3) is 5.91 Å². The summed E-state index contributed by atoms with van der Waals surface area (Å²) in [6, 6.07) is 0. The van der Waals surface area contributed by atoms with Gasteiger partial charge in [0.2, 0.25) is 5.91 Å². The highest BCUT2D eigenvalue weighted by Crippen LogP contribution is 2.42. The van der Waals surface area contributed by atoms with Crippen molar-refractivity contribution in [1.82, 2.24) is 4.90 Å². The molecule has 0 bridgehead atoms. The van der Waals surface area contributed by atoms with Gasteiger partial charge in [-0.25, -0.2) is 0 Å². The van der Waals surface area contributed by atoms with Gasteiger partial charge in [-0.2, -0.15) is 0 Å². The number of imide groups is 1. The number of likely N-dealkylation sites (N-methyl/N-ethyl adjacent to an activating group) is 1. The Bertz CT molecular complexity index is 459. The Balaban J connectivity index is 2.13. The zero-order valence-electron chi connectivity index (χ0n) is 9.09. The van der Waals surface area contributed by atoms with Gasteiger partial charge in [-0.1, -0.05) is 30.4 Å². The highest BCUT2D eigenvalue weighted by Gasteiger charge is 2.46. The van der Waals surface area contributed by atoms with Crippen molar-refractivity contribution in [2.24, 2.45) is 17.8 Å². The van der Waals surface area contributed by atoms with Crippen LogP contribution >= 0.6 is 0 Å². The molecule has 0 spiro atoms. The normalized spacial score (nSPS) is 36.2. The third-order valence-electron chi connectivity index (χ3n) is 3.76. The second-order valence-corrected chi connectivity index (χ2v) is 4.59. The number of carbonyl (C=O) groups is 2. The van der Waals surface area contributed by atoms with Gasteiger partial charge < -0.3 is 0 Å². The standard InChI is InChI=1S/C13H13NO2/c1-14-12(15)9-6-2-4-8-5-3-7-10(11(8)9)13(14)16/h2-4,6-8,10-11H,5H2,1H3. The van der Waals surface area contributed by atoms with Crippen LogP contribution in [0.1, 0.15) is 6.42 Å². The van der Waals surface area contributed by atoms with E-state index in [1.807, 2.05) is 18.2 Å². The molecule has 0 N–H and O–H groups in total. The lowest BCUT2D eigenvalue weighted by atomic mass is 9.67. The smallest absolute Gasteiger partial charge is 0.256 e. The summed E-state index contributed by atoms with van der Waals surface area (Å²) in [5.41, 5.74) is 0.795. The van der Waals surface area contributed by atoms with Gasteiger partial charge in [-0.05, 0) is 12.3 Å². The van der Waals surface area contributed by atoms with Crippen LogP contribution in [0.4, 0.5) is 0 Å². The highest BCUT2D eigenvalue weighted by molar-refractivity contribution is 6.09. The van der Waals surface area contributed by atoms with E-state index in [4.69, 9.17) is 0 Å². The topological polar surface area (TPSA) is 37.4 Å². The summed E-state index contributed by atoms with van der Waals surface area (Å²) in [6.45, 7) is 0. The van der Waals surface area contributed by atoms with Crippen LogP contribution in [0, 0.1) is 17.8 Å². The molecule has 3 rings (SSSR count). The van der Waals surface area contributed by atoms with Crippen LogP contribution in [0.5, 0.6) is 0 Å². The van der Waals surface area contributed by atoms with E-state index in [9.17, 15) is 9.59 Å². The SMILES string of the molecule is CN1C(=O)C2=CC=CC3CC=CC(C1=O)C23. The maximum Gasteiger partial charge on any atom is 0.256 e. The van der Waals surface area contributed by atoms with Crippen LogP contribution in [0.25, 0.3) is 0 Å². The minimum absolute atomic E-state index is 0.0663. The zero-order chi connectivity index (χ0) is 11.3. The summed E-state index contributed by atoms with van der Waals surface area (Å²) < 4.78 is 0. The van der Waals surface area contributed by atoms with Crippen LogP contribution in [-0.4, -0.2) is 23.8 Å². The molecule has 1 fully saturated rings. The predicted molar refractivity (Wildman–Crippen MR) is 59.2 cm³/mol. The molecule has 0 saturated carbocycles. The van der Waals surface area contributed by atoms with Crippen LogP contribution in [-0.2, 0) is 9.59 Å². The lowest BCUT2D eigenvalue weighted by molar-refractivity contribution is -0.147. The summed E-state index contributed by atoms with van der Waals surface area (Å²) >= 11 is 0. The van der Waals surface area contributed by atoms with Gasteiger partial charge >= 0.3 is 0 Å². The lowest BCUT2D eigenvalue weighted by Gasteiger charge is -2.41. The number of hydrogen-bond acceptors (Lipinski definition) is 2. The average molecular weight is 215 g/mol. The van der Waals surface area contributed by atoms with E-state index in [0.29, 0.717) is 5.92 Å². The van der Waals surface area contributed by atoms with Crippen LogP contribution in [0.15, 0.2) is 36.0 Å². The highest BCUT2D eigenvalue weighted by atomic mass is 16.2. The molecule has 82 valence electrons. The maximum absolute atomic E-state index is 12.0. The molecule has 3 unspecified atom stereocenters. The molecule has 1 heterocycles. The summed E-state index contributed by atoms with van der Waals surface area (Å²) in [7, 11) is 1.57. The second kappa shape index (κ2) is 3.17. The van der Waals surface area contributed by atoms with Crippen molar-refractivity contribution in [1.29, 1.82) is 0 Å². The van der Waals surface area contributed by atoms with Crippen LogP contribution < -0.4 is 0 Å². The van der Waals surface area contributed by atoms with E-state index in [1.165, 1.54) is 4.90 Å². The van der Waals surface area contributed by atoms with Crippen LogP contribution in [0.2, 0.25) is 0 Å². The monoisotopic (exact) mass is 215 g/mol. The molecular formula is C13H13NO2. The Morgan fingerprint density at radius 3 is 2.94 bits per heavy atom. The Labute approximate surface area is 94.1 Å². The van der Waals surface area contributed by atoms with E-state index in [1.54, 1.807) is 7.05 Å². The Hall–Kier alpha value is -1.64. The van der Waals surface area contributed by atoms with Gasteiger partial charge in [0.1, 0.15) is 0 Å². The fraction of sp³-hybridized carbons (Fsp3) is 0.385. The van der Waals surface area contributed by atoms with E-state index < -0.39 is 0 Å². The first kappa shape index (κ1) is 9.58. The number of rotatable bonds is 0. The van der Waals surface area contributed by atoms with Crippen molar-refractivity contribution in [2.45, 2.75) is 6.42 Å². The van der Waals surface area contributed by atoms with Crippen molar-refractivity contribution in [3.63, 3.8) is 0 Å². The minimum Gasteiger partial charge on any atom is -0.281 e. The molecule has 3 aliphatic rings. The van der Waals surface area contributed by atoms with E-state index in [-0.39, 0.29) is 23.7 Å². The van der Waals surface area contributed by atoms with Crippen molar-refractivity contribution >= 4 is 11.8 Å². The number of allylic oxidation sites excluding steroid dienone is 4. The first-order chi connectivity index (χ1) is 7.70. The molecule has 2 aliphatic carbocycles. The van der Waals surface area contributed by atoms with Gasteiger partial charge in [0, 0.05) is 18.5 Å². The zero-order valence-corrected chi connectivity index (χ0v) is 9.09. The number of likely N-dealkylation sites (tertiary alicyclic amines) is 1. The molecule has 0 radical (unpaired) electrons. The molecule has 3 heteroatoms. The van der Waals surface area contributed by atoms with Crippen molar-refractivity contribution in [2.75, 3.05) is 7.05 Å². The van der Waals surface area contributed by atoms with Crippen LogP contribution in [0.3, 0.4) is 0 Å². The fourth-order valence-corrected chi connectivity index (χ4v) is 2.92. The summed E-state index contributed by atoms with van der Waals surface area (Å²) in [6.07, 6.45) is 10.8. The number of carbonyl (C=O) groups excluding carboxylic acids is 2. The summed E-state index contributed by atoms with van der Waals surface area (Å²) in [5.74, 6) is 0.0553. The Kier molecular flexibility index (Phi) is 1.90. The van der Waals surface area contributed by atoms with Gasteiger partial charge in [-0.15, -0.1) is 0 Å². The molecule has 0 aromatic rings. The first-order valence-corrected chi connectivity index (χ1v) is 5.57. The molecule has 0 aromatic carbocycles. The number of nitrogens with zero attached hydrogens (tertiary/aromatic N) is 1. The number of hydrogen-bond donors (Lipinski definition) is 0.